The number of methoxy groups -OCH3 is 1. The maximum absolute atomic E-state index is 12.6. The second kappa shape index (κ2) is 14.6. The first-order valence-electron chi connectivity index (χ1n) is 14.7. The van der Waals surface area contributed by atoms with Crippen LogP contribution in [0.1, 0.15) is 46.4 Å². The lowest BCUT2D eigenvalue weighted by Gasteiger charge is -2.25. The van der Waals surface area contributed by atoms with E-state index in [1.54, 1.807) is 31.1 Å². The summed E-state index contributed by atoms with van der Waals surface area (Å²) in [5.74, 6) is -2.22. The van der Waals surface area contributed by atoms with Crippen LogP contribution in [0.25, 0.3) is 20.6 Å². The third kappa shape index (κ3) is 7.45. The minimum atomic E-state index is -1.33. The van der Waals surface area contributed by atoms with Gasteiger partial charge in [0, 0.05) is 64.5 Å². The maximum atomic E-state index is 12.6. The van der Waals surface area contributed by atoms with E-state index in [4.69, 9.17) is 23.4 Å². The first kappa shape index (κ1) is 34.0. The van der Waals surface area contributed by atoms with Crippen molar-refractivity contribution in [2.24, 2.45) is 11.8 Å². The van der Waals surface area contributed by atoms with Gasteiger partial charge in [-0.25, -0.2) is 19.2 Å². The van der Waals surface area contributed by atoms with Crippen molar-refractivity contribution in [2.75, 3.05) is 57.4 Å². The van der Waals surface area contributed by atoms with Crippen molar-refractivity contribution >= 4 is 77.0 Å². The first-order valence-corrected chi connectivity index (χ1v) is 16.3. The summed E-state index contributed by atoms with van der Waals surface area (Å²) >= 11 is 2.50. The summed E-state index contributed by atoms with van der Waals surface area (Å²) in [4.78, 5) is 74.2. The number of nitrogens with zero attached hydrogens (tertiary/aromatic N) is 2. The zero-order valence-electron chi connectivity index (χ0n) is 25.8. The van der Waals surface area contributed by atoms with Crippen LogP contribution in [0.15, 0.2) is 42.7 Å². The zero-order chi connectivity index (χ0) is 33.8. The number of hydrogen-bond acceptors (Lipinski definition) is 13. The number of hydrogen-bond donors (Lipinski definition) is 1. The van der Waals surface area contributed by atoms with Gasteiger partial charge in [-0.15, -0.1) is 22.7 Å². The quantitative estimate of drug-likeness (QED) is 0.288. The predicted molar refractivity (Wildman–Crippen MR) is 173 cm³/mol. The van der Waals surface area contributed by atoms with Crippen LogP contribution in [0.3, 0.4) is 0 Å². The van der Waals surface area contributed by atoms with Gasteiger partial charge in [-0.05, 0) is 37.8 Å². The van der Waals surface area contributed by atoms with Gasteiger partial charge in [0.25, 0.3) is 0 Å². The van der Waals surface area contributed by atoms with Gasteiger partial charge in [-0.3, -0.25) is 9.59 Å². The molecule has 0 aromatic carbocycles. The Balaban J connectivity index is 0.000000185. The lowest BCUT2D eigenvalue weighted by atomic mass is 9.99. The molecular formula is C31H32N2O12S2. The molecular weight excluding hydrogens is 656 g/mol. The van der Waals surface area contributed by atoms with Crippen LogP contribution >= 0.6 is 22.7 Å². The SMILES string of the molecule is CN(C(=O)C1CCOCC1)c1cc2oc(=O)c(C(=O)O)cc2s1.COC(=O)c1cc2sc(N(C)C(=O)C3CCOCC3)cc2oc1=O. The molecule has 0 saturated carbocycles. The van der Waals surface area contributed by atoms with Gasteiger partial charge in [-0.2, -0.15) is 0 Å². The highest BCUT2D eigenvalue weighted by Crippen LogP contribution is 2.34. The molecule has 2 amide bonds. The van der Waals surface area contributed by atoms with Crippen molar-refractivity contribution in [3.63, 3.8) is 0 Å². The molecule has 0 unspecified atom stereocenters. The molecule has 250 valence electrons. The number of anilines is 2. The average molecular weight is 689 g/mol. The number of esters is 1. The van der Waals surface area contributed by atoms with Crippen molar-refractivity contribution < 1.29 is 47.3 Å². The Morgan fingerprint density at radius 3 is 1.53 bits per heavy atom. The van der Waals surface area contributed by atoms with E-state index in [-0.39, 0.29) is 34.8 Å². The molecule has 0 bridgehead atoms. The Bertz CT molecular complexity index is 1930. The highest BCUT2D eigenvalue weighted by molar-refractivity contribution is 7.23. The van der Waals surface area contributed by atoms with E-state index in [0.717, 1.165) is 0 Å². The van der Waals surface area contributed by atoms with E-state index in [2.05, 4.69) is 4.74 Å². The van der Waals surface area contributed by atoms with Gasteiger partial charge >= 0.3 is 23.2 Å². The second-order valence-electron chi connectivity index (χ2n) is 10.9. The number of carboxylic acids is 1. The van der Waals surface area contributed by atoms with E-state index < -0.39 is 28.8 Å². The zero-order valence-corrected chi connectivity index (χ0v) is 27.4. The predicted octanol–water partition coefficient (Wildman–Crippen LogP) is 3.97. The summed E-state index contributed by atoms with van der Waals surface area (Å²) in [5.41, 5.74) is -1.59. The third-order valence-corrected chi connectivity index (χ3v) is 10.2. The lowest BCUT2D eigenvalue weighted by molar-refractivity contribution is -0.125. The van der Waals surface area contributed by atoms with E-state index in [0.29, 0.717) is 77.1 Å². The summed E-state index contributed by atoms with van der Waals surface area (Å²) < 4.78 is 26.4. The molecule has 2 saturated heterocycles. The number of ether oxygens (including phenoxy) is 3. The molecule has 0 radical (unpaired) electrons. The number of carbonyl (C=O) groups excluding carboxylic acids is 3. The van der Waals surface area contributed by atoms with Gasteiger partial charge in [-0.1, -0.05) is 0 Å². The van der Waals surface area contributed by atoms with E-state index in [1.165, 1.54) is 46.8 Å². The molecule has 0 atom stereocenters. The van der Waals surface area contributed by atoms with Crippen LogP contribution in [0, 0.1) is 11.8 Å². The van der Waals surface area contributed by atoms with E-state index in [1.807, 2.05) is 0 Å². The molecule has 2 aliphatic rings. The van der Waals surface area contributed by atoms with Gasteiger partial charge in [0.1, 0.15) is 21.1 Å². The third-order valence-electron chi connectivity index (χ3n) is 7.92. The standard InChI is InChI=1S/C16H17NO6S.C15H15NO6S/c1-17(14(18)9-3-5-22-6-4-9)13-8-11-12(24-13)7-10(15(19)21-2)16(20)23-11;1-16(13(17)8-2-4-21-5-3-8)12-7-10-11(23-12)6-9(14(18)19)15(20)22-10/h7-9H,3-6H2,1-2H3;6-8H,2-5H2,1H3,(H,18,19). The number of carboxylic acid groups (broad SMARTS) is 1. The largest absolute Gasteiger partial charge is 0.477 e. The molecule has 6 heterocycles. The van der Waals surface area contributed by atoms with Crippen LogP contribution < -0.4 is 21.1 Å². The maximum Gasteiger partial charge on any atom is 0.351 e. The molecule has 4 aromatic heterocycles. The van der Waals surface area contributed by atoms with E-state index in [9.17, 15) is 28.8 Å². The monoisotopic (exact) mass is 688 g/mol. The molecule has 47 heavy (non-hydrogen) atoms. The number of rotatable bonds is 6. The van der Waals surface area contributed by atoms with Gasteiger partial charge in [0.2, 0.25) is 11.8 Å². The van der Waals surface area contributed by atoms with Crippen LogP contribution in [-0.2, 0) is 23.8 Å². The topological polar surface area (TPSA) is 183 Å². The van der Waals surface area contributed by atoms with Crippen LogP contribution in [0.2, 0.25) is 0 Å². The van der Waals surface area contributed by atoms with Crippen LogP contribution in [-0.4, -0.2) is 76.5 Å². The van der Waals surface area contributed by atoms with Gasteiger partial charge in [0.15, 0.2) is 11.2 Å². The van der Waals surface area contributed by atoms with Crippen molar-refractivity contribution in [3.8, 4) is 0 Å². The van der Waals surface area contributed by atoms with Gasteiger partial charge in [0.05, 0.1) is 16.5 Å². The Kier molecular flexibility index (Phi) is 10.5. The minimum Gasteiger partial charge on any atom is -0.477 e. The minimum absolute atomic E-state index is 0.0133. The summed E-state index contributed by atoms with van der Waals surface area (Å²) in [6.45, 7) is 2.34. The van der Waals surface area contributed by atoms with Crippen molar-refractivity contribution in [2.45, 2.75) is 25.7 Å². The molecule has 0 spiro atoms. The Morgan fingerprint density at radius 1 is 0.723 bits per heavy atom. The number of fused-ring (bicyclic) bond motifs is 2. The number of carbonyl (C=O) groups is 4. The summed E-state index contributed by atoms with van der Waals surface area (Å²) in [6.07, 6.45) is 2.78. The van der Waals surface area contributed by atoms with Crippen molar-refractivity contribution in [1.82, 2.24) is 0 Å². The molecule has 1 N–H and O–H groups in total. The Morgan fingerprint density at radius 2 is 1.13 bits per heavy atom. The smallest absolute Gasteiger partial charge is 0.351 e. The normalized spacial score (nSPS) is 15.6. The molecule has 2 fully saturated rings. The second-order valence-corrected chi connectivity index (χ2v) is 13.0. The first-order chi connectivity index (χ1) is 22.5. The number of aromatic carboxylic acids is 1. The Hall–Kier alpha value is -4.38. The highest BCUT2D eigenvalue weighted by Gasteiger charge is 2.28. The molecule has 2 aliphatic heterocycles. The molecule has 4 aromatic rings. The molecule has 14 nitrogen and oxygen atoms in total. The fraction of sp³-hybridized carbons (Fsp3) is 0.419. The van der Waals surface area contributed by atoms with Gasteiger partial charge < -0.3 is 38.0 Å². The fourth-order valence-corrected chi connectivity index (χ4v) is 7.18. The summed E-state index contributed by atoms with van der Waals surface area (Å²) in [5, 5.41) is 10.2. The van der Waals surface area contributed by atoms with Crippen molar-refractivity contribution in [1.29, 1.82) is 0 Å². The summed E-state index contributed by atoms with van der Waals surface area (Å²) in [7, 11) is 4.56. The Labute approximate surface area is 275 Å². The number of amides is 2. The van der Waals surface area contributed by atoms with Crippen LogP contribution in [0.5, 0.6) is 0 Å². The molecule has 16 heteroatoms. The van der Waals surface area contributed by atoms with Crippen LogP contribution in [0.4, 0.5) is 10.0 Å². The molecule has 6 rings (SSSR count). The summed E-state index contributed by atoms with van der Waals surface area (Å²) in [6, 6.07) is 5.95. The highest BCUT2D eigenvalue weighted by atomic mass is 32.1. The van der Waals surface area contributed by atoms with E-state index >= 15 is 0 Å². The fourth-order valence-electron chi connectivity index (χ4n) is 5.19. The molecule has 0 aliphatic carbocycles. The average Bonchev–Trinajstić information content (AvgIpc) is 3.70. The van der Waals surface area contributed by atoms with Crippen molar-refractivity contribution in [3.05, 3.63) is 56.2 Å². The lowest BCUT2D eigenvalue weighted by Crippen LogP contribution is -2.35. The number of thiophene rings is 2.